The molecule has 0 saturated heterocycles. The number of nitrogens with zero attached hydrogens (tertiary/aromatic N) is 2. The van der Waals surface area contributed by atoms with Crippen molar-refractivity contribution in [2.24, 2.45) is 0 Å². The van der Waals surface area contributed by atoms with Crippen LogP contribution >= 0.6 is 11.6 Å². The molecule has 0 radical (unpaired) electrons. The van der Waals surface area contributed by atoms with Gasteiger partial charge in [-0.05, 0) is 12.1 Å². The van der Waals surface area contributed by atoms with E-state index in [2.05, 4.69) is 20.3 Å². The summed E-state index contributed by atoms with van der Waals surface area (Å²) < 4.78 is 27.9. The number of amides is 1. The lowest BCUT2D eigenvalue weighted by atomic mass is 10.4. The molecule has 0 bridgehead atoms. The number of hydrogen-bond donors (Lipinski definition) is 1. The highest BCUT2D eigenvalue weighted by atomic mass is 35.5. The van der Waals surface area contributed by atoms with Crippen molar-refractivity contribution in [1.82, 2.24) is 15.5 Å². The molecule has 17 heavy (non-hydrogen) atoms. The number of hydrogen-bond acceptors (Lipinski definition) is 4. The third kappa shape index (κ3) is 5.50. The standard InChI is InChI=1S/C9H10ClF2N3O2/c10-7-2-1-6(14-15-7)9(16)13-3-4-17-5-8(11)12/h1-2,8H,3-5H2,(H,13,16). The minimum Gasteiger partial charge on any atom is -0.374 e. The molecule has 1 amide bonds. The topological polar surface area (TPSA) is 64.1 Å². The maximum absolute atomic E-state index is 11.7. The van der Waals surface area contributed by atoms with E-state index >= 15 is 0 Å². The van der Waals surface area contributed by atoms with Gasteiger partial charge in [0.2, 0.25) is 0 Å². The normalized spacial score (nSPS) is 10.6. The van der Waals surface area contributed by atoms with Crippen LogP contribution in [0.5, 0.6) is 0 Å². The highest BCUT2D eigenvalue weighted by molar-refractivity contribution is 6.29. The minimum atomic E-state index is -2.51. The van der Waals surface area contributed by atoms with Gasteiger partial charge in [-0.15, -0.1) is 10.2 Å². The molecule has 8 heteroatoms. The van der Waals surface area contributed by atoms with Crippen molar-refractivity contribution in [1.29, 1.82) is 0 Å². The fourth-order valence-corrected chi connectivity index (χ4v) is 1.04. The van der Waals surface area contributed by atoms with Crippen molar-refractivity contribution in [3.05, 3.63) is 23.0 Å². The van der Waals surface area contributed by atoms with E-state index in [1.807, 2.05) is 0 Å². The molecule has 0 aliphatic heterocycles. The molecule has 0 fully saturated rings. The quantitative estimate of drug-likeness (QED) is 0.784. The van der Waals surface area contributed by atoms with Gasteiger partial charge in [0, 0.05) is 6.54 Å². The van der Waals surface area contributed by atoms with E-state index in [1.165, 1.54) is 12.1 Å². The van der Waals surface area contributed by atoms with Gasteiger partial charge >= 0.3 is 0 Å². The Balaban J connectivity index is 2.23. The molecule has 0 spiro atoms. The number of halogens is 3. The second-order valence-corrected chi connectivity index (χ2v) is 3.35. The van der Waals surface area contributed by atoms with Crippen LogP contribution in [0.15, 0.2) is 12.1 Å². The molecule has 5 nitrogen and oxygen atoms in total. The summed E-state index contributed by atoms with van der Waals surface area (Å²) in [5.41, 5.74) is 0.100. The number of aromatic nitrogens is 2. The summed E-state index contributed by atoms with van der Waals surface area (Å²) in [5, 5.41) is 9.66. The average Bonchev–Trinajstić information content (AvgIpc) is 2.29. The first-order valence-electron chi connectivity index (χ1n) is 4.73. The SMILES string of the molecule is O=C(NCCOCC(F)F)c1ccc(Cl)nn1. The molecule has 0 unspecified atom stereocenters. The molecule has 0 saturated carbocycles. The Kier molecular flexibility index (Phi) is 5.71. The van der Waals surface area contributed by atoms with Crippen LogP contribution in [0, 0.1) is 0 Å². The van der Waals surface area contributed by atoms with Gasteiger partial charge in [0.15, 0.2) is 10.8 Å². The van der Waals surface area contributed by atoms with E-state index in [1.54, 1.807) is 0 Å². The number of alkyl halides is 2. The Morgan fingerprint density at radius 3 is 2.82 bits per heavy atom. The predicted octanol–water partition coefficient (Wildman–Crippen LogP) is 1.14. The monoisotopic (exact) mass is 265 g/mol. The van der Waals surface area contributed by atoms with Gasteiger partial charge in [0.25, 0.3) is 12.3 Å². The molecule has 1 aromatic heterocycles. The van der Waals surface area contributed by atoms with Gasteiger partial charge in [-0.1, -0.05) is 11.6 Å². The van der Waals surface area contributed by atoms with Crippen LogP contribution in [0.2, 0.25) is 5.15 Å². The predicted molar refractivity (Wildman–Crippen MR) is 56.2 cm³/mol. The second kappa shape index (κ2) is 7.08. The molecule has 1 heterocycles. The zero-order valence-electron chi connectivity index (χ0n) is 8.70. The maximum atomic E-state index is 11.7. The van der Waals surface area contributed by atoms with Crippen molar-refractivity contribution < 1.29 is 18.3 Å². The highest BCUT2D eigenvalue weighted by Gasteiger charge is 2.07. The molecule has 0 atom stereocenters. The Morgan fingerprint density at radius 2 is 2.24 bits per heavy atom. The largest absolute Gasteiger partial charge is 0.374 e. The lowest BCUT2D eigenvalue weighted by Crippen LogP contribution is -2.28. The third-order valence-corrected chi connectivity index (χ3v) is 1.84. The van der Waals surface area contributed by atoms with Crippen molar-refractivity contribution in [3.63, 3.8) is 0 Å². The van der Waals surface area contributed by atoms with Gasteiger partial charge in [-0.3, -0.25) is 4.79 Å². The van der Waals surface area contributed by atoms with Crippen LogP contribution < -0.4 is 5.32 Å². The first-order valence-corrected chi connectivity index (χ1v) is 5.10. The summed E-state index contributed by atoms with van der Waals surface area (Å²) in [7, 11) is 0. The molecule has 0 aliphatic rings. The Bertz CT molecular complexity index is 362. The van der Waals surface area contributed by atoms with Gasteiger partial charge in [0.05, 0.1) is 6.61 Å². The molecule has 1 N–H and O–H groups in total. The summed E-state index contributed by atoms with van der Waals surface area (Å²) >= 11 is 5.50. The molecular weight excluding hydrogens is 256 g/mol. The van der Waals surface area contributed by atoms with Gasteiger partial charge < -0.3 is 10.1 Å². The Morgan fingerprint density at radius 1 is 1.47 bits per heavy atom. The van der Waals surface area contributed by atoms with Crippen molar-refractivity contribution in [3.8, 4) is 0 Å². The highest BCUT2D eigenvalue weighted by Crippen LogP contribution is 2.01. The number of ether oxygens (including phenoxy) is 1. The summed E-state index contributed by atoms with van der Waals surface area (Å²) in [6, 6.07) is 2.83. The van der Waals surface area contributed by atoms with Crippen molar-refractivity contribution in [2.45, 2.75) is 6.43 Å². The minimum absolute atomic E-state index is 0.0110. The molecule has 1 rings (SSSR count). The molecular formula is C9H10ClF2N3O2. The summed E-state index contributed by atoms with van der Waals surface area (Å²) in [6.45, 7) is -0.510. The van der Waals surface area contributed by atoms with E-state index in [9.17, 15) is 13.6 Å². The van der Waals surface area contributed by atoms with Gasteiger partial charge in [-0.25, -0.2) is 8.78 Å². The Labute approximate surface area is 101 Å². The summed E-state index contributed by atoms with van der Waals surface area (Å²) in [6.07, 6.45) is -2.51. The van der Waals surface area contributed by atoms with Crippen LogP contribution in [0.3, 0.4) is 0 Å². The van der Waals surface area contributed by atoms with E-state index in [-0.39, 0.29) is 24.0 Å². The number of nitrogens with one attached hydrogen (secondary N) is 1. The summed E-state index contributed by atoms with van der Waals surface area (Å²) in [5.74, 6) is -0.463. The summed E-state index contributed by atoms with van der Waals surface area (Å²) in [4.78, 5) is 11.4. The van der Waals surface area contributed by atoms with Crippen molar-refractivity contribution >= 4 is 17.5 Å². The van der Waals surface area contributed by atoms with E-state index in [0.717, 1.165) is 0 Å². The smallest absolute Gasteiger partial charge is 0.271 e. The van der Waals surface area contributed by atoms with E-state index < -0.39 is 18.9 Å². The second-order valence-electron chi connectivity index (χ2n) is 2.96. The van der Waals surface area contributed by atoms with Crippen LogP contribution in [0.25, 0.3) is 0 Å². The van der Waals surface area contributed by atoms with Gasteiger partial charge in [-0.2, -0.15) is 0 Å². The van der Waals surface area contributed by atoms with E-state index in [4.69, 9.17) is 11.6 Å². The fourth-order valence-electron chi connectivity index (χ4n) is 0.937. The van der Waals surface area contributed by atoms with E-state index in [0.29, 0.717) is 0 Å². The van der Waals surface area contributed by atoms with Crippen LogP contribution in [-0.2, 0) is 4.74 Å². The first-order chi connectivity index (χ1) is 8.09. The van der Waals surface area contributed by atoms with Gasteiger partial charge in [0.1, 0.15) is 6.61 Å². The molecule has 94 valence electrons. The molecule has 0 aliphatic carbocycles. The van der Waals surface area contributed by atoms with Crippen LogP contribution in [0.4, 0.5) is 8.78 Å². The van der Waals surface area contributed by atoms with Crippen molar-refractivity contribution in [2.75, 3.05) is 19.8 Å². The fraction of sp³-hybridized carbons (Fsp3) is 0.444. The first kappa shape index (κ1) is 13.7. The lowest BCUT2D eigenvalue weighted by Gasteiger charge is -2.05. The number of carbonyl (C=O) groups is 1. The third-order valence-electron chi connectivity index (χ3n) is 1.64. The Hall–Kier alpha value is -1.34. The average molecular weight is 266 g/mol. The lowest BCUT2D eigenvalue weighted by molar-refractivity contribution is 0.0188. The molecule has 1 aromatic rings. The zero-order chi connectivity index (χ0) is 12.7. The van der Waals surface area contributed by atoms with Crippen LogP contribution in [0.1, 0.15) is 10.5 Å². The molecule has 0 aromatic carbocycles. The maximum Gasteiger partial charge on any atom is 0.271 e. The number of rotatable bonds is 6. The number of carbonyl (C=O) groups excluding carboxylic acids is 1. The zero-order valence-corrected chi connectivity index (χ0v) is 9.45. The van der Waals surface area contributed by atoms with Crippen LogP contribution in [-0.4, -0.2) is 42.3 Å².